The van der Waals surface area contributed by atoms with Crippen molar-refractivity contribution < 1.29 is 23.0 Å². The van der Waals surface area contributed by atoms with Gasteiger partial charge in [-0.2, -0.15) is 9.97 Å². The molecule has 4 heterocycles. The van der Waals surface area contributed by atoms with Gasteiger partial charge < -0.3 is 24.1 Å². The quantitative estimate of drug-likeness (QED) is 0.186. The molecule has 3 aliphatic heterocycles. The Labute approximate surface area is 295 Å². The number of benzene rings is 2. The van der Waals surface area contributed by atoms with Gasteiger partial charge in [0.2, 0.25) is 6.54 Å². The first kappa shape index (κ1) is 31.9. The number of carbonyl (C=O) groups is 1. The highest BCUT2D eigenvalue weighted by molar-refractivity contribution is 6.35. The van der Waals surface area contributed by atoms with Gasteiger partial charge >= 0.3 is 6.01 Å². The van der Waals surface area contributed by atoms with E-state index in [4.69, 9.17) is 37.6 Å². The van der Waals surface area contributed by atoms with Crippen LogP contribution in [-0.2, 0) is 11.2 Å². The highest BCUT2D eigenvalue weighted by atomic mass is 35.5. The minimum Gasteiger partial charge on any atom is -0.487 e. The van der Waals surface area contributed by atoms with Crippen molar-refractivity contribution in [3.8, 4) is 22.9 Å². The predicted octanol–water partition coefficient (Wildman–Crippen LogP) is 6.53. The van der Waals surface area contributed by atoms with Crippen LogP contribution < -0.4 is 14.4 Å². The fourth-order valence-corrected chi connectivity index (χ4v) is 9.40. The molecular formula is C38H39ClF2N6O3. The number of ether oxygens (including phenoxy) is 2. The van der Waals surface area contributed by atoms with E-state index in [1.165, 1.54) is 22.4 Å². The van der Waals surface area contributed by atoms with Crippen molar-refractivity contribution in [2.24, 2.45) is 5.92 Å². The lowest BCUT2D eigenvalue weighted by Crippen LogP contribution is -2.56. The summed E-state index contributed by atoms with van der Waals surface area (Å²) in [7, 11) is 0. The number of alkyl halides is 1. The molecule has 9 rings (SSSR count). The molecule has 5 fully saturated rings. The van der Waals surface area contributed by atoms with E-state index < -0.39 is 29.5 Å². The van der Waals surface area contributed by atoms with Gasteiger partial charge in [0, 0.05) is 43.5 Å². The zero-order valence-corrected chi connectivity index (χ0v) is 28.6. The summed E-state index contributed by atoms with van der Waals surface area (Å²) in [5.74, 6) is 0.579. The lowest BCUT2D eigenvalue weighted by Gasteiger charge is -2.40. The SMILES string of the molecule is [C-]#[N+]C[C@H]1CN(c2nc(OC[C@@]34CCCN3C[C@H](F)C4)nc3c(OC4CC4)c(-c4cccc5c4C[C@H]4C[C@@H]54)c(Cl)cc23)CCN1C(=O)C(=C)F. The van der Waals surface area contributed by atoms with Gasteiger partial charge in [-0.3, -0.25) is 9.69 Å². The van der Waals surface area contributed by atoms with Crippen LogP contribution in [0.2, 0.25) is 5.02 Å². The summed E-state index contributed by atoms with van der Waals surface area (Å²) in [6, 6.07) is 7.93. The van der Waals surface area contributed by atoms with Crippen LogP contribution in [0, 0.1) is 12.5 Å². The minimum absolute atomic E-state index is 0.00725. The molecule has 0 N–H and O–H groups in total. The van der Waals surface area contributed by atoms with Crippen molar-refractivity contribution in [2.45, 2.75) is 74.7 Å². The van der Waals surface area contributed by atoms with Gasteiger partial charge in [0.1, 0.15) is 30.2 Å². The van der Waals surface area contributed by atoms with Crippen LogP contribution in [0.4, 0.5) is 14.6 Å². The van der Waals surface area contributed by atoms with Crippen LogP contribution in [0.1, 0.15) is 55.6 Å². The Hall–Kier alpha value is -4.01. The summed E-state index contributed by atoms with van der Waals surface area (Å²) in [5.41, 5.74) is 4.77. The normalized spacial score (nSPS) is 28.3. The Morgan fingerprint density at radius 2 is 2.06 bits per heavy atom. The van der Waals surface area contributed by atoms with E-state index in [0.717, 1.165) is 49.8 Å². The molecule has 0 bridgehead atoms. The summed E-state index contributed by atoms with van der Waals surface area (Å²) < 4.78 is 41.9. The van der Waals surface area contributed by atoms with Gasteiger partial charge in [0.25, 0.3) is 5.91 Å². The van der Waals surface area contributed by atoms with E-state index in [9.17, 15) is 13.6 Å². The predicted molar refractivity (Wildman–Crippen MR) is 186 cm³/mol. The zero-order valence-electron chi connectivity index (χ0n) is 27.8. The fraction of sp³-hybridized carbons (Fsp3) is 0.526. The number of piperazine rings is 1. The Kier molecular flexibility index (Phi) is 7.70. The number of rotatable bonds is 9. The summed E-state index contributed by atoms with van der Waals surface area (Å²) in [4.78, 5) is 31.8. The molecule has 3 aliphatic carbocycles. The molecule has 50 heavy (non-hydrogen) atoms. The molecule has 5 atom stereocenters. The van der Waals surface area contributed by atoms with E-state index in [0.29, 0.717) is 58.8 Å². The molecule has 6 aliphatic rings. The van der Waals surface area contributed by atoms with Gasteiger partial charge in [-0.25, -0.2) is 15.4 Å². The lowest BCUT2D eigenvalue weighted by atomic mass is 9.93. The molecule has 0 unspecified atom stereocenters. The van der Waals surface area contributed by atoms with Gasteiger partial charge in [0.15, 0.2) is 11.6 Å². The van der Waals surface area contributed by atoms with Crippen molar-refractivity contribution in [2.75, 3.05) is 50.8 Å². The Balaban J connectivity index is 1.18. The highest BCUT2D eigenvalue weighted by Gasteiger charge is 2.50. The number of aromatic nitrogens is 2. The Morgan fingerprint density at radius 1 is 1.20 bits per heavy atom. The molecule has 12 heteroatoms. The molecular weight excluding hydrogens is 662 g/mol. The van der Waals surface area contributed by atoms with Crippen LogP contribution in [0.15, 0.2) is 36.7 Å². The second-order valence-electron chi connectivity index (χ2n) is 15.0. The van der Waals surface area contributed by atoms with E-state index in [-0.39, 0.29) is 38.4 Å². The highest BCUT2D eigenvalue weighted by Crippen LogP contribution is 2.59. The molecule has 0 spiro atoms. The average Bonchev–Trinajstić information content (AvgIpc) is 3.98. The smallest absolute Gasteiger partial charge is 0.319 e. The summed E-state index contributed by atoms with van der Waals surface area (Å²) >= 11 is 7.28. The lowest BCUT2D eigenvalue weighted by molar-refractivity contribution is -0.131. The van der Waals surface area contributed by atoms with Crippen LogP contribution in [-0.4, -0.2) is 95.4 Å². The second kappa shape index (κ2) is 12.1. The summed E-state index contributed by atoms with van der Waals surface area (Å²) in [6.07, 6.45) is 5.51. The van der Waals surface area contributed by atoms with E-state index >= 15 is 0 Å². The van der Waals surface area contributed by atoms with Crippen LogP contribution in [0.25, 0.3) is 26.9 Å². The number of anilines is 1. The number of hydrogen-bond acceptors (Lipinski definition) is 7. The monoisotopic (exact) mass is 700 g/mol. The van der Waals surface area contributed by atoms with E-state index in [1.54, 1.807) is 0 Å². The largest absolute Gasteiger partial charge is 0.487 e. The fourth-order valence-electron chi connectivity index (χ4n) is 9.10. The summed E-state index contributed by atoms with van der Waals surface area (Å²) in [5, 5.41) is 1.19. The molecule has 2 saturated carbocycles. The first-order valence-corrected chi connectivity index (χ1v) is 18.2. The molecule has 1 aromatic heterocycles. The number of hydrogen-bond donors (Lipinski definition) is 0. The number of fused-ring (bicyclic) bond motifs is 5. The number of halogens is 3. The number of nitrogens with zero attached hydrogens (tertiary/aromatic N) is 6. The second-order valence-corrected chi connectivity index (χ2v) is 15.4. The third-order valence-electron chi connectivity index (χ3n) is 11.7. The molecule has 260 valence electrons. The summed E-state index contributed by atoms with van der Waals surface area (Å²) in [6.45, 7) is 13.0. The third-order valence-corrected chi connectivity index (χ3v) is 12.0. The topological polar surface area (TPSA) is 75.4 Å². The maximum absolute atomic E-state index is 14.7. The van der Waals surface area contributed by atoms with Crippen molar-refractivity contribution in [1.82, 2.24) is 19.8 Å². The molecule has 3 aromatic rings. The zero-order chi connectivity index (χ0) is 34.3. The van der Waals surface area contributed by atoms with Crippen molar-refractivity contribution >= 4 is 34.2 Å². The van der Waals surface area contributed by atoms with Gasteiger partial charge in [-0.05, 0) is 79.7 Å². The first-order chi connectivity index (χ1) is 24.2. The molecule has 2 aromatic carbocycles. The minimum atomic E-state index is -1.05. The van der Waals surface area contributed by atoms with Gasteiger partial charge in [-0.1, -0.05) is 36.4 Å². The van der Waals surface area contributed by atoms with Crippen molar-refractivity contribution in [1.29, 1.82) is 0 Å². The molecule has 1 amide bonds. The number of carbonyl (C=O) groups excluding carboxylic acids is 1. The number of amides is 1. The van der Waals surface area contributed by atoms with Crippen LogP contribution in [0.3, 0.4) is 0 Å². The van der Waals surface area contributed by atoms with E-state index in [2.05, 4.69) is 34.5 Å². The maximum atomic E-state index is 14.7. The third kappa shape index (κ3) is 5.37. The average molecular weight is 701 g/mol. The molecule has 0 radical (unpaired) electrons. The van der Waals surface area contributed by atoms with E-state index in [1.807, 2.05) is 11.0 Å². The molecule has 9 nitrogen and oxygen atoms in total. The standard InChI is InChI=1S/C38H39ClF2N6O3/c1-21(40)36(48)47-12-11-45(19-24(47)17-42-2)35-30-15-31(39)32(27-6-3-5-26-28-13-22(28)14-29(26)27)34(50-25-7-8-25)33(30)43-37(44-35)49-20-38-9-4-10-46(38)18-23(41)16-38/h3,5-6,15,22-25,28H,1,4,7-14,16-20H2/t22-,23-,24+,28-,38+/m1/s1. The Bertz CT molecular complexity index is 1970. The Morgan fingerprint density at radius 3 is 2.86 bits per heavy atom. The van der Waals surface area contributed by atoms with Crippen LogP contribution in [0.5, 0.6) is 11.8 Å². The van der Waals surface area contributed by atoms with Crippen LogP contribution >= 0.6 is 11.6 Å². The first-order valence-electron chi connectivity index (χ1n) is 17.8. The van der Waals surface area contributed by atoms with Gasteiger partial charge in [-0.15, -0.1) is 0 Å². The van der Waals surface area contributed by atoms with Gasteiger partial charge in [0.05, 0.1) is 16.7 Å². The van der Waals surface area contributed by atoms with Crippen molar-refractivity contribution in [3.05, 3.63) is 64.2 Å². The maximum Gasteiger partial charge on any atom is 0.319 e. The van der Waals surface area contributed by atoms with Crippen molar-refractivity contribution in [3.63, 3.8) is 0 Å². The molecule has 3 saturated heterocycles.